The van der Waals surface area contributed by atoms with E-state index in [4.69, 9.17) is 0 Å². The summed E-state index contributed by atoms with van der Waals surface area (Å²) in [6, 6.07) is 25.6. The molecule has 0 aliphatic heterocycles. The Kier molecular flexibility index (Phi) is 4.24. The Bertz CT molecular complexity index is 993. The largest absolute Gasteiger partial charge is 0.326 e. The first-order valence-corrected chi connectivity index (χ1v) is 9.83. The highest BCUT2D eigenvalue weighted by atomic mass is 32.2. The Labute approximate surface area is 150 Å². The van der Waals surface area contributed by atoms with Gasteiger partial charge in [-0.2, -0.15) is 0 Å². The van der Waals surface area contributed by atoms with Gasteiger partial charge in [-0.15, -0.1) is 0 Å². The van der Waals surface area contributed by atoms with Crippen molar-refractivity contribution in [1.82, 2.24) is 0 Å². The van der Waals surface area contributed by atoms with Gasteiger partial charge in [0.25, 0.3) is 0 Å². The molecule has 0 aliphatic rings. The summed E-state index contributed by atoms with van der Waals surface area (Å²) < 4.78 is 2.76. The molecule has 0 radical (unpaired) electrons. The van der Waals surface area contributed by atoms with Gasteiger partial charge in [-0.25, -0.2) is 0 Å². The number of amides is 1. The first-order chi connectivity index (χ1) is 12.3. The van der Waals surface area contributed by atoms with Gasteiger partial charge in [0.1, 0.15) is 0 Å². The molecular formula is C22H20NOS+. The van der Waals surface area contributed by atoms with Gasteiger partial charge in [0.15, 0.2) is 14.3 Å². The van der Waals surface area contributed by atoms with Crippen LogP contribution in [0.1, 0.15) is 19.8 Å². The minimum atomic E-state index is -0.0776. The Balaban J connectivity index is 1.80. The number of rotatable bonds is 4. The molecular weight excluding hydrogens is 326 g/mol. The van der Waals surface area contributed by atoms with Crippen molar-refractivity contribution in [3.8, 4) is 4.90 Å². The van der Waals surface area contributed by atoms with Crippen LogP contribution in [0.2, 0.25) is 0 Å². The summed E-state index contributed by atoms with van der Waals surface area (Å²) in [6.45, 7) is 2.01. The maximum atomic E-state index is 11.8. The number of carbonyl (C=O) groups is 1. The topological polar surface area (TPSA) is 29.1 Å². The third kappa shape index (κ3) is 2.92. The Morgan fingerprint density at radius 1 is 0.840 bits per heavy atom. The lowest BCUT2D eigenvalue weighted by molar-refractivity contribution is -0.116. The summed E-state index contributed by atoms with van der Waals surface area (Å²) in [5.41, 5.74) is 0.867. The fraction of sp³-hybridized carbons (Fsp3) is 0.136. The molecule has 0 fully saturated rings. The van der Waals surface area contributed by atoms with Gasteiger partial charge in [0.05, 0.1) is 0 Å². The molecule has 0 saturated heterocycles. The number of nitrogens with one attached hydrogen (secondary N) is 1. The fourth-order valence-electron chi connectivity index (χ4n) is 3.23. The molecule has 4 aromatic rings. The van der Waals surface area contributed by atoms with Crippen molar-refractivity contribution < 1.29 is 4.79 Å². The Morgan fingerprint density at radius 3 is 1.96 bits per heavy atom. The van der Waals surface area contributed by atoms with Crippen LogP contribution >= 0.6 is 10.5 Å². The summed E-state index contributed by atoms with van der Waals surface area (Å²) in [5, 5.41) is 5.63. The number of fused-ring (bicyclic) bond motifs is 3. The zero-order valence-electron chi connectivity index (χ0n) is 14.2. The highest BCUT2D eigenvalue weighted by molar-refractivity contribution is 7.50. The number of anilines is 1. The van der Waals surface area contributed by atoms with Crippen molar-refractivity contribution in [3.63, 3.8) is 0 Å². The average Bonchev–Trinajstić information content (AvgIpc) is 2.97. The number of hydrogen-bond acceptors (Lipinski definition) is 1. The zero-order chi connectivity index (χ0) is 17.2. The van der Waals surface area contributed by atoms with E-state index in [0.717, 1.165) is 12.1 Å². The van der Waals surface area contributed by atoms with E-state index in [2.05, 4.69) is 66.0 Å². The van der Waals surface area contributed by atoms with E-state index in [1.807, 2.05) is 19.1 Å². The highest BCUT2D eigenvalue weighted by Gasteiger charge is 2.22. The smallest absolute Gasteiger partial charge is 0.224 e. The van der Waals surface area contributed by atoms with Crippen molar-refractivity contribution in [3.05, 3.63) is 72.8 Å². The zero-order valence-corrected chi connectivity index (χ0v) is 15.0. The molecule has 0 unspecified atom stereocenters. The van der Waals surface area contributed by atoms with E-state index < -0.39 is 0 Å². The van der Waals surface area contributed by atoms with Crippen molar-refractivity contribution >= 4 is 42.2 Å². The second kappa shape index (κ2) is 6.69. The van der Waals surface area contributed by atoms with Crippen molar-refractivity contribution in [1.29, 1.82) is 0 Å². The molecule has 1 heterocycles. The molecule has 1 amide bonds. The second-order valence-electron chi connectivity index (χ2n) is 6.12. The van der Waals surface area contributed by atoms with Crippen LogP contribution in [0.3, 0.4) is 0 Å². The van der Waals surface area contributed by atoms with Crippen LogP contribution in [0.5, 0.6) is 0 Å². The lowest BCUT2D eigenvalue weighted by atomic mass is 10.2. The molecule has 25 heavy (non-hydrogen) atoms. The van der Waals surface area contributed by atoms with E-state index in [0.29, 0.717) is 6.42 Å². The number of benzene rings is 3. The summed E-state index contributed by atoms with van der Waals surface area (Å²) in [7, 11) is -0.0776. The molecule has 0 spiro atoms. The average molecular weight is 346 g/mol. The molecule has 2 nitrogen and oxygen atoms in total. The number of thiophene rings is 1. The summed E-state index contributed by atoms with van der Waals surface area (Å²) in [4.78, 5) is 13.1. The number of hydrogen-bond donors (Lipinski definition) is 1. The molecule has 3 aromatic carbocycles. The van der Waals surface area contributed by atoms with Crippen LogP contribution in [0.4, 0.5) is 5.69 Å². The molecule has 1 N–H and O–H groups in total. The standard InChI is InChI=1S/C22H19NOS/c1-2-7-22(24)23-16-12-14-17(15-13-16)25-20-10-5-3-8-18(20)19-9-4-6-11-21(19)25/h3-6,8-15H,2,7H2,1H3/p+1. The molecule has 0 atom stereocenters. The summed E-state index contributed by atoms with van der Waals surface area (Å²) >= 11 is 0. The maximum Gasteiger partial charge on any atom is 0.224 e. The van der Waals surface area contributed by atoms with E-state index in [1.54, 1.807) is 0 Å². The van der Waals surface area contributed by atoms with Crippen molar-refractivity contribution in [2.24, 2.45) is 0 Å². The van der Waals surface area contributed by atoms with Crippen LogP contribution in [0, 0.1) is 0 Å². The van der Waals surface area contributed by atoms with Crippen LogP contribution in [0.25, 0.3) is 25.1 Å². The maximum absolute atomic E-state index is 11.8. The minimum absolute atomic E-state index is 0.0776. The second-order valence-corrected chi connectivity index (χ2v) is 8.08. The predicted octanol–water partition coefficient (Wildman–Crippen LogP) is 6.47. The van der Waals surface area contributed by atoms with Gasteiger partial charge in [0, 0.05) is 45.5 Å². The van der Waals surface area contributed by atoms with Crippen molar-refractivity contribution in [2.75, 3.05) is 5.32 Å². The molecule has 0 aliphatic carbocycles. The third-order valence-corrected chi connectivity index (χ3v) is 6.69. The van der Waals surface area contributed by atoms with E-state index in [-0.39, 0.29) is 16.4 Å². The van der Waals surface area contributed by atoms with Crippen LogP contribution in [0.15, 0.2) is 72.8 Å². The Hall–Kier alpha value is -2.65. The SMILES string of the molecule is CCCC(=O)Nc1ccc(-[s+]2c3ccccc3c3ccccc32)cc1. The monoisotopic (exact) mass is 346 g/mol. The lowest BCUT2D eigenvalue weighted by Crippen LogP contribution is -2.10. The summed E-state index contributed by atoms with van der Waals surface area (Å²) in [6.07, 6.45) is 1.42. The lowest BCUT2D eigenvalue weighted by Gasteiger charge is -2.03. The van der Waals surface area contributed by atoms with E-state index in [1.165, 1.54) is 25.1 Å². The van der Waals surface area contributed by atoms with E-state index in [9.17, 15) is 4.79 Å². The quantitative estimate of drug-likeness (QED) is 0.422. The van der Waals surface area contributed by atoms with Gasteiger partial charge in [-0.3, -0.25) is 4.79 Å². The first kappa shape index (κ1) is 15.9. The number of carbonyl (C=O) groups excluding carboxylic acids is 1. The van der Waals surface area contributed by atoms with Crippen LogP contribution in [-0.2, 0) is 4.79 Å². The van der Waals surface area contributed by atoms with Gasteiger partial charge in [0.2, 0.25) is 5.91 Å². The molecule has 4 rings (SSSR count). The van der Waals surface area contributed by atoms with Gasteiger partial charge in [-0.1, -0.05) is 31.2 Å². The molecule has 0 saturated carbocycles. The van der Waals surface area contributed by atoms with Gasteiger partial charge in [-0.05, 0) is 42.8 Å². The van der Waals surface area contributed by atoms with Crippen LogP contribution in [-0.4, -0.2) is 5.91 Å². The van der Waals surface area contributed by atoms with Gasteiger partial charge >= 0.3 is 0 Å². The normalized spacial score (nSPS) is 11.1. The van der Waals surface area contributed by atoms with Crippen LogP contribution < -0.4 is 5.32 Å². The molecule has 124 valence electrons. The molecule has 3 heteroatoms. The molecule has 0 bridgehead atoms. The Morgan fingerprint density at radius 2 is 1.40 bits per heavy atom. The fourth-order valence-corrected chi connectivity index (χ4v) is 5.61. The summed E-state index contributed by atoms with van der Waals surface area (Å²) in [5.74, 6) is 0.0780. The predicted molar refractivity (Wildman–Crippen MR) is 109 cm³/mol. The van der Waals surface area contributed by atoms with E-state index >= 15 is 0 Å². The van der Waals surface area contributed by atoms with Crippen molar-refractivity contribution in [2.45, 2.75) is 19.8 Å². The minimum Gasteiger partial charge on any atom is -0.326 e. The highest BCUT2D eigenvalue weighted by Crippen LogP contribution is 2.48. The van der Waals surface area contributed by atoms with Gasteiger partial charge < -0.3 is 5.32 Å². The molecule has 1 aromatic heterocycles. The third-order valence-electron chi connectivity index (χ3n) is 4.35. The first-order valence-electron chi connectivity index (χ1n) is 8.60.